The number of benzene rings is 1. The van der Waals surface area contributed by atoms with Gasteiger partial charge in [0.2, 0.25) is 0 Å². The molecule has 6 heteroatoms. The average Bonchev–Trinajstić information content (AvgIpc) is 2.81. The number of Topliss-reactive ketones (excluding diaryl/α,β-unsaturated/α-hetero) is 1. The van der Waals surface area contributed by atoms with Gasteiger partial charge in [-0.3, -0.25) is 9.48 Å². The van der Waals surface area contributed by atoms with Crippen molar-refractivity contribution in [3.8, 4) is 0 Å². The Hall–Kier alpha value is -1.53. The molecule has 0 bridgehead atoms. The second kappa shape index (κ2) is 5.88. The zero-order valence-corrected chi connectivity index (χ0v) is 11.3. The molecule has 0 spiro atoms. The summed E-state index contributed by atoms with van der Waals surface area (Å²) in [6.45, 7) is 1.04. The molecule has 0 aliphatic carbocycles. The van der Waals surface area contributed by atoms with Crippen LogP contribution in [0.3, 0.4) is 0 Å². The van der Waals surface area contributed by atoms with Crippen LogP contribution in [-0.4, -0.2) is 27.3 Å². The van der Waals surface area contributed by atoms with Gasteiger partial charge in [0.25, 0.3) is 0 Å². The van der Waals surface area contributed by atoms with Gasteiger partial charge in [-0.15, -0.1) is 5.10 Å². The summed E-state index contributed by atoms with van der Waals surface area (Å²) in [6, 6.07) is 7.63. The Kier molecular flexibility index (Phi) is 4.22. The molecule has 1 heterocycles. The molecule has 2 aromatic rings. The smallest absolute Gasteiger partial charge is 0.189 e. The van der Waals surface area contributed by atoms with E-state index in [-0.39, 0.29) is 5.78 Å². The molecule has 0 unspecified atom stereocenters. The maximum atomic E-state index is 12.0. The van der Waals surface area contributed by atoms with E-state index in [1.54, 1.807) is 10.9 Å². The lowest BCUT2D eigenvalue weighted by atomic mass is 10.1. The fraction of sp³-hybridized carbons (Fsp3) is 0.250. The van der Waals surface area contributed by atoms with Crippen molar-refractivity contribution in [3.63, 3.8) is 0 Å². The first-order chi connectivity index (χ1) is 8.70. The number of ketones is 1. The minimum Gasteiger partial charge on any atom is -0.329 e. The highest BCUT2D eigenvalue weighted by Gasteiger charge is 2.12. The molecule has 1 aromatic carbocycles. The maximum absolute atomic E-state index is 12.0. The van der Waals surface area contributed by atoms with Gasteiger partial charge < -0.3 is 5.73 Å². The van der Waals surface area contributed by atoms with Gasteiger partial charge in [0.05, 0.1) is 12.7 Å². The Bertz CT molecular complexity index is 553. The van der Waals surface area contributed by atoms with Gasteiger partial charge in [0, 0.05) is 17.4 Å². The fourth-order valence-electron chi connectivity index (χ4n) is 1.57. The molecular formula is C12H13BrN4O. The molecule has 94 valence electrons. The molecular weight excluding hydrogens is 296 g/mol. The molecule has 18 heavy (non-hydrogen) atoms. The molecule has 1 aromatic heterocycles. The monoisotopic (exact) mass is 308 g/mol. The first-order valence-corrected chi connectivity index (χ1v) is 6.37. The Balaban J connectivity index is 2.10. The Morgan fingerprint density at radius 2 is 2.17 bits per heavy atom. The molecule has 0 atom stereocenters. The van der Waals surface area contributed by atoms with Crippen molar-refractivity contribution in [2.45, 2.75) is 13.0 Å². The number of nitrogens with two attached hydrogens (primary N) is 1. The molecule has 0 fully saturated rings. The van der Waals surface area contributed by atoms with Crippen LogP contribution in [-0.2, 0) is 13.0 Å². The molecule has 0 amide bonds. The topological polar surface area (TPSA) is 73.8 Å². The summed E-state index contributed by atoms with van der Waals surface area (Å²) >= 11 is 3.42. The molecule has 0 aliphatic heterocycles. The van der Waals surface area contributed by atoms with E-state index in [4.69, 9.17) is 5.73 Å². The second-order valence-electron chi connectivity index (χ2n) is 3.85. The molecule has 5 nitrogen and oxygen atoms in total. The number of hydrogen-bond acceptors (Lipinski definition) is 4. The molecule has 2 rings (SSSR count). The summed E-state index contributed by atoms with van der Waals surface area (Å²) in [4.78, 5) is 12.0. The third-order valence-electron chi connectivity index (χ3n) is 2.49. The summed E-state index contributed by atoms with van der Waals surface area (Å²) in [5, 5.41) is 7.70. The fourth-order valence-corrected chi connectivity index (χ4v) is 2.00. The van der Waals surface area contributed by atoms with Gasteiger partial charge in [-0.05, 0) is 11.6 Å². The highest BCUT2D eigenvalue weighted by atomic mass is 79.9. The Morgan fingerprint density at radius 3 is 2.89 bits per heavy atom. The predicted octanol–water partition coefficient (Wildman–Crippen LogP) is 1.42. The van der Waals surface area contributed by atoms with E-state index in [1.165, 1.54) is 0 Å². The summed E-state index contributed by atoms with van der Waals surface area (Å²) in [5.41, 5.74) is 6.72. The van der Waals surface area contributed by atoms with Gasteiger partial charge in [0.1, 0.15) is 5.69 Å². The van der Waals surface area contributed by atoms with Crippen LogP contribution in [0.15, 0.2) is 34.9 Å². The molecule has 0 aliphatic rings. The summed E-state index contributed by atoms with van der Waals surface area (Å²) < 4.78 is 2.50. The number of carbonyl (C=O) groups is 1. The van der Waals surface area contributed by atoms with Gasteiger partial charge in [0.15, 0.2) is 5.78 Å². The van der Waals surface area contributed by atoms with Crippen molar-refractivity contribution in [2.24, 2.45) is 5.73 Å². The quantitative estimate of drug-likeness (QED) is 0.848. The number of aromatic nitrogens is 3. The van der Waals surface area contributed by atoms with E-state index in [2.05, 4.69) is 26.2 Å². The normalized spacial score (nSPS) is 10.6. The van der Waals surface area contributed by atoms with Gasteiger partial charge in [-0.25, -0.2) is 0 Å². The van der Waals surface area contributed by atoms with E-state index >= 15 is 0 Å². The van der Waals surface area contributed by atoms with Crippen LogP contribution in [0.1, 0.15) is 16.1 Å². The van der Waals surface area contributed by atoms with Gasteiger partial charge >= 0.3 is 0 Å². The van der Waals surface area contributed by atoms with E-state index < -0.39 is 0 Å². The van der Waals surface area contributed by atoms with Crippen LogP contribution in [0, 0.1) is 0 Å². The first kappa shape index (κ1) is 12.9. The zero-order valence-electron chi connectivity index (χ0n) is 9.71. The molecule has 0 radical (unpaired) electrons. The SMILES string of the molecule is NCCn1cc(C(=O)Cc2ccccc2Br)nn1. The van der Waals surface area contributed by atoms with E-state index in [1.807, 2.05) is 24.3 Å². The number of hydrogen-bond donors (Lipinski definition) is 1. The first-order valence-electron chi connectivity index (χ1n) is 5.57. The van der Waals surface area contributed by atoms with Crippen molar-refractivity contribution in [1.29, 1.82) is 0 Å². The highest BCUT2D eigenvalue weighted by molar-refractivity contribution is 9.10. The largest absolute Gasteiger partial charge is 0.329 e. The van der Waals surface area contributed by atoms with Crippen molar-refractivity contribution < 1.29 is 4.79 Å². The standard InChI is InChI=1S/C12H13BrN4O/c13-10-4-2-1-3-9(10)7-12(18)11-8-17(6-5-14)16-15-11/h1-4,8H,5-7,14H2. The molecule has 0 saturated carbocycles. The van der Waals surface area contributed by atoms with Gasteiger partial charge in [-0.1, -0.05) is 39.3 Å². The van der Waals surface area contributed by atoms with Crippen LogP contribution in [0.4, 0.5) is 0 Å². The minimum absolute atomic E-state index is 0.0508. The molecule has 2 N–H and O–H groups in total. The van der Waals surface area contributed by atoms with E-state index in [0.717, 1.165) is 10.0 Å². The number of nitrogens with zero attached hydrogens (tertiary/aromatic N) is 3. The number of carbonyl (C=O) groups excluding carboxylic acids is 1. The zero-order chi connectivity index (χ0) is 13.0. The Morgan fingerprint density at radius 1 is 1.39 bits per heavy atom. The second-order valence-corrected chi connectivity index (χ2v) is 4.70. The maximum Gasteiger partial charge on any atom is 0.189 e. The van der Waals surface area contributed by atoms with E-state index in [0.29, 0.717) is 25.2 Å². The molecule has 0 saturated heterocycles. The lowest BCUT2D eigenvalue weighted by Crippen LogP contribution is -2.10. The van der Waals surface area contributed by atoms with Crippen molar-refractivity contribution in [1.82, 2.24) is 15.0 Å². The summed E-state index contributed by atoms with van der Waals surface area (Å²) in [6.07, 6.45) is 1.94. The Labute approximate surface area is 113 Å². The van der Waals surface area contributed by atoms with Crippen LogP contribution in [0.2, 0.25) is 0 Å². The van der Waals surface area contributed by atoms with E-state index in [9.17, 15) is 4.79 Å². The number of halogens is 1. The summed E-state index contributed by atoms with van der Waals surface area (Å²) in [5.74, 6) is -0.0508. The van der Waals surface area contributed by atoms with Crippen molar-refractivity contribution in [2.75, 3.05) is 6.54 Å². The van der Waals surface area contributed by atoms with Crippen LogP contribution in [0.25, 0.3) is 0 Å². The van der Waals surface area contributed by atoms with Crippen LogP contribution in [0.5, 0.6) is 0 Å². The lowest BCUT2D eigenvalue weighted by molar-refractivity contribution is 0.0988. The predicted molar refractivity (Wildman–Crippen MR) is 71.3 cm³/mol. The van der Waals surface area contributed by atoms with Crippen molar-refractivity contribution in [3.05, 3.63) is 46.2 Å². The third-order valence-corrected chi connectivity index (χ3v) is 3.27. The van der Waals surface area contributed by atoms with Crippen LogP contribution >= 0.6 is 15.9 Å². The number of rotatable bonds is 5. The van der Waals surface area contributed by atoms with Gasteiger partial charge in [-0.2, -0.15) is 0 Å². The highest BCUT2D eigenvalue weighted by Crippen LogP contribution is 2.17. The minimum atomic E-state index is -0.0508. The van der Waals surface area contributed by atoms with Crippen molar-refractivity contribution >= 4 is 21.7 Å². The lowest BCUT2D eigenvalue weighted by Gasteiger charge is -2.01. The summed E-state index contributed by atoms with van der Waals surface area (Å²) in [7, 11) is 0. The van der Waals surface area contributed by atoms with Crippen LogP contribution < -0.4 is 5.73 Å². The third kappa shape index (κ3) is 3.02. The average molecular weight is 309 g/mol.